The zero-order valence-electron chi connectivity index (χ0n) is 11.3. The highest BCUT2D eigenvalue weighted by Gasteiger charge is 2.24. The third-order valence-corrected chi connectivity index (χ3v) is 2.73. The smallest absolute Gasteiger partial charge is 0.323 e. The summed E-state index contributed by atoms with van der Waals surface area (Å²) in [5.74, 6) is -1.03. The Balaban J connectivity index is 0.000000246. The van der Waals surface area contributed by atoms with E-state index in [0.29, 0.717) is 11.7 Å². The van der Waals surface area contributed by atoms with E-state index in [1.807, 2.05) is 30.3 Å². The number of benzene rings is 1. The number of aliphatic carboxylic acids is 1. The first-order valence-electron chi connectivity index (χ1n) is 5.90. The van der Waals surface area contributed by atoms with E-state index in [-0.39, 0.29) is 5.91 Å². The maximum atomic E-state index is 11.0. The summed E-state index contributed by atoms with van der Waals surface area (Å²) in [7, 11) is 0. The van der Waals surface area contributed by atoms with Crippen LogP contribution in [0.2, 0.25) is 0 Å². The molecule has 2 rings (SSSR count). The van der Waals surface area contributed by atoms with Gasteiger partial charge in [-0.3, -0.25) is 9.59 Å². The van der Waals surface area contributed by atoms with Crippen molar-refractivity contribution in [2.24, 2.45) is 5.73 Å². The summed E-state index contributed by atoms with van der Waals surface area (Å²) in [6.45, 7) is 3.20. The number of carbonyl (C=O) groups is 2. The van der Waals surface area contributed by atoms with Gasteiger partial charge in [0.1, 0.15) is 12.1 Å². The Kier molecular flexibility index (Phi) is 5.18. The van der Waals surface area contributed by atoms with Crippen LogP contribution in [0.3, 0.4) is 0 Å². The van der Waals surface area contributed by atoms with Crippen molar-refractivity contribution in [3.63, 3.8) is 0 Å². The predicted molar refractivity (Wildman–Crippen MR) is 80.4 cm³/mol. The summed E-state index contributed by atoms with van der Waals surface area (Å²) in [5, 5.41) is 11.2. The number of nitrogens with two attached hydrogens (primary N) is 1. The number of anilines is 1. The minimum atomic E-state index is -1.08. The molecular weight excluding hydrogens is 278 g/mol. The van der Waals surface area contributed by atoms with Gasteiger partial charge in [-0.2, -0.15) is 0 Å². The SMILES string of the molecule is CC(C)(N)C(=O)O.O=C1CN(c2ccccc2)C(=S)N1. The lowest BCUT2D eigenvalue weighted by atomic mass is 10.1. The standard InChI is InChI=1S/C9H8N2OS.C4H9NO2/c12-8-6-11(9(13)10-8)7-4-2-1-3-5-7;1-4(2,5)3(6)7/h1-5H,6H2,(H,10,12,13);5H2,1-2H3,(H,6,7). The molecule has 1 heterocycles. The molecule has 0 spiro atoms. The van der Waals surface area contributed by atoms with Crippen molar-refractivity contribution in [1.29, 1.82) is 0 Å². The number of amides is 1. The quantitative estimate of drug-likeness (QED) is 0.696. The predicted octanol–water partition coefficient (Wildman–Crippen LogP) is 0.716. The summed E-state index contributed by atoms with van der Waals surface area (Å²) in [5.41, 5.74) is 4.95. The van der Waals surface area contributed by atoms with E-state index in [1.165, 1.54) is 13.8 Å². The topological polar surface area (TPSA) is 95.7 Å². The fraction of sp³-hybridized carbons (Fsp3) is 0.308. The zero-order valence-corrected chi connectivity index (χ0v) is 12.1. The number of hydrogen-bond donors (Lipinski definition) is 3. The lowest BCUT2D eigenvalue weighted by Crippen LogP contribution is -2.41. The van der Waals surface area contributed by atoms with Crippen molar-refractivity contribution in [3.8, 4) is 0 Å². The van der Waals surface area contributed by atoms with E-state index in [0.717, 1.165) is 5.69 Å². The Labute approximate surface area is 122 Å². The lowest BCUT2D eigenvalue weighted by Gasteiger charge is -2.14. The van der Waals surface area contributed by atoms with Gasteiger partial charge < -0.3 is 21.1 Å². The van der Waals surface area contributed by atoms with Crippen LogP contribution in [0.1, 0.15) is 13.8 Å². The maximum absolute atomic E-state index is 11.0. The minimum Gasteiger partial charge on any atom is -0.480 e. The van der Waals surface area contributed by atoms with Crippen molar-refractivity contribution in [3.05, 3.63) is 30.3 Å². The third-order valence-electron chi connectivity index (χ3n) is 2.41. The number of para-hydroxylation sites is 1. The number of nitrogens with zero attached hydrogens (tertiary/aromatic N) is 1. The molecule has 7 heteroatoms. The van der Waals surface area contributed by atoms with Crippen molar-refractivity contribution >= 4 is 34.9 Å². The van der Waals surface area contributed by atoms with E-state index in [2.05, 4.69) is 5.32 Å². The minimum absolute atomic E-state index is 0.0474. The molecule has 1 aliphatic rings. The highest BCUT2D eigenvalue weighted by atomic mass is 32.1. The van der Waals surface area contributed by atoms with Gasteiger partial charge in [-0.05, 0) is 38.2 Å². The molecule has 0 aromatic heterocycles. The average molecular weight is 295 g/mol. The molecule has 0 saturated carbocycles. The van der Waals surface area contributed by atoms with E-state index < -0.39 is 11.5 Å². The van der Waals surface area contributed by atoms with Crippen LogP contribution in [0.5, 0.6) is 0 Å². The average Bonchev–Trinajstić information content (AvgIpc) is 2.69. The highest BCUT2D eigenvalue weighted by molar-refractivity contribution is 7.80. The van der Waals surface area contributed by atoms with Crippen LogP contribution >= 0.6 is 12.2 Å². The van der Waals surface area contributed by atoms with Crippen LogP contribution in [-0.4, -0.2) is 34.2 Å². The number of nitrogens with one attached hydrogen (secondary N) is 1. The molecule has 20 heavy (non-hydrogen) atoms. The summed E-state index contributed by atoms with van der Waals surface area (Å²) in [6.07, 6.45) is 0. The van der Waals surface area contributed by atoms with Crippen molar-refractivity contribution in [1.82, 2.24) is 5.32 Å². The molecule has 4 N–H and O–H groups in total. The van der Waals surface area contributed by atoms with Gasteiger partial charge in [0.2, 0.25) is 5.91 Å². The Morgan fingerprint density at radius 2 is 1.90 bits per heavy atom. The highest BCUT2D eigenvalue weighted by Crippen LogP contribution is 2.15. The second-order valence-electron chi connectivity index (χ2n) is 4.80. The second kappa shape index (κ2) is 6.44. The third kappa shape index (κ3) is 4.60. The number of carbonyl (C=O) groups excluding carboxylic acids is 1. The Bertz CT molecular complexity index is 511. The zero-order chi connectivity index (χ0) is 15.3. The molecule has 1 amide bonds. The number of rotatable bonds is 2. The summed E-state index contributed by atoms with van der Waals surface area (Å²) < 4.78 is 0. The fourth-order valence-electron chi connectivity index (χ4n) is 1.26. The first-order chi connectivity index (χ1) is 9.21. The largest absolute Gasteiger partial charge is 0.480 e. The molecule has 1 aliphatic heterocycles. The van der Waals surface area contributed by atoms with Crippen LogP contribution in [0.25, 0.3) is 0 Å². The van der Waals surface area contributed by atoms with Crippen LogP contribution in [-0.2, 0) is 9.59 Å². The molecule has 0 aliphatic carbocycles. The van der Waals surface area contributed by atoms with Crippen LogP contribution in [0.15, 0.2) is 30.3 Å². The number of thiocarbonyl (C=S) groups is 1. The van der Waals surface area contributed by atoms with E-state index in [1.54, 1.807) is 4.90 Å². The Morgan fingerprint density at radius 1 is 1.40 bits per heavy atom. The fourth-order valence-corrected chi connectivity index (χ4v) is 1.54. The van der Waals surface area contributed by atoms with Gasteiger partial charge in [0.25, 0.3) is 0 Å². The van der Waals surface area contributed by atoms with E-state index in [4.69, 9.17) is 23.1 Å². The monoisotopic (exact) mass is 295 g/mol. The molecule has 0 atom stereocenters. The first-order valence-corrected chi connectivity index (χ1v) is 6.31. The normalized spacial score (nSPS) is 14.4. The van der Waals surface area contributed by atoms with Gasteiger partial charge in [0, 0.05) is 5.69 Å². The maximum Gasteiger partial charge on any atom is 0.323 e. The second-order valence-corrected chi connectivity index (χ2v) is 5.19. The van der Waals surface area contributed by atoms with Crippen molar-refractivity contribution in [2.45, 2.75) is 19.4 Å². The van der Waals surface area contributed by atoms with Crippen molar-refractivity contribution in [2.75, 3.05) is 11.4 Å². The first kappa shape index (κ1) is 16.1. The molecule has 1 aromatic carbocycles. The summed E-state index contributed by atoms with van der Waals surface area (Å²) in [6, 6.07) is 9.61. The Hall–Kier alpha value is -1.99. The molecule has 0 unspecified atom stereocenters. The molecule has 1 aromatic rings. The number of carboxylic acid groups (broad SMARTS) is 1. The van der Waals surface area contributed by atoms with E-state index >= 15 is 0 Å². The Morgan fingerprint density at radius 3 is 2.25 bits per heavy atom. The molecule has 6 nitrogen and oxygen atoms in total. The molecule has 0 radical (unpaired) electrons. The van der Waals surface area contributed by atoms with Gasteiger partial charge >= 0.3 is 5.97 Å². The number of carboxylic acids is 1. The van der Waals surface area contributed by atoms with Gasteiger partial charge in [-0.1, -0.05) is 18.2 Å². The lowest BCUT2D eigenvalue weighted by molar-refractivity contribution is -0.141. The molecule has 1 fully saturated rings. The van der Waals surface area contributed by atoms with E-state index in [9.17, 15) is 9.59 Å². The molecule has 108 valence electrons. The summed E-state index contributed by atoms with van der Waals surface area (Å²) >= 11 is 4.99. The molecule has 0 bridgehead atoms. The molecule has 1 saturated heterocycles. The summed E-state index contributed by atoms with van der Waals surface area (Å²) in [4.78, 5) is 22.7. The van der Waals surface area contributed by atoms with Crippen molar-refractivity contribution < 1.29 is 14.7 Å². The van der Waals surface area contributed by atoms with Gasteiger partial charge in [0.05, 0.1) is 0 Å². The number of hydrogen-bond acceptors (Lipinski definition) is 4. The van der Waals surface area contributed by atoms with Crippen LogP contribution in [0.4, 0.5) is 5.69 Å². The van der Waals surface area contributed by atoms with Gasteiger partial charge in [0.15, 0.2) is 5.11 Å². The van der Waals surface area contributed by atoms with Crippen LogP contribution in [0, 0.1) is 0 Å². The molecular formula is C13H17N3O3S. The van der Waals surface area contributed by atoms with Crippen LogP contribution < -0.4 is 16.0 Å². The van der Waals surface area contributed by atoms with Gasteiger partial charge in [-0.25, -0.2) is 0 Å². The van der Waals surface area contributed by atoms with Gasteiger partial charge in [-0.15, -0.1) is 0 Å².